The number of anilines is 2. The van der Waals surface area contributed by atoms with Crippen LogP contribution < -0.4 is 5.32 Å². The minimum Gasteiger partial charge on any atom is -0.340 e. The summed E-state index contributed by atoms with van der Waals surface area (Å²) in [6.07, 6.45) is 0. The van der Waals surface area contributed by atoms with Crippen LogP contribution in [0.4, 0.5) is 11.5 Å². The summed E-state index contributed by atoms with van der Waals surface area (Å²) in [5.74, 6) is 0.823. The van der Waals surface area contributed by atoms with Crippen LogP contribution in [0.2, 0.25) is 5.02 Å². The Hall–Kier alpha value is -2.06. The van der Waals surface area contributed by atoms with Gasteiger partial charge in [-0.25, -0.2) is 4.98 Å². The monoisotopic (exact) mass is 268 g/mol. The summed E-state index contributed by atoms with van der Waals surface area (Å²) in [6, 6.07) is 17.9. The summed E-state index contributed by atoms with van der Waals surface area (Å²) >= 11 is 6.11. The highest BCUT2D eigenvalue weighted by atomic mass is 35.5. The highest BCUT2D eigenvalue weighted by Gasteiger charge is 2.03. The lowest BCUT2D eigenvalue weighted by Crippen LogP contribution is -1.96. The van der Waals surface area contributed by atoms with Gasteiger partial charge in [-0.1, -0.05) is 35.9 Å². The van der Waals surface area contributed by atoms with Crippen LogP contribution in [-0.4, -0.2) is 4.98 Å². The Labute approximate surface area is 117 Å². The average Bonchev–Trinajstić information content (AvgIpc) is 2.44. The zero-order chi connectivity index (χ0) is 13.2. The van der Waals surface area contributed by atoms with Crippen LogP contribution in [0, 0.1) is 6.92 Å². The van der Waals surface area contributed by atoms with Crippen molar-refractivity contribution in [3.8, 4) is 0 Å². The molecule has 0 aliphatic rings. The quantitative estimate of drug-likeness (QED) is 0.712. The summed E-state index contributed by atoms with van der Waals surface area (Å²) in [7, 11) is 0. The summed E-state index contributed by atoms with van der Waals surface area (Å²) < 4.78 is 0. The lowest BCUT2D eigenvalue weighted by Gasteiger charge is -2.10. The summed E-state index contributed by atoms with van der Waals surface area (Å²) in [5.41, 5.74) is 2.99. The first kappa shape index (κ1) is 12.0. The lowest BCUT2D eigenvalue weighted by atomic mass is 10.2. The van der Waals surface area contributed by atoms with Crippen LogP contribution in [0.25, 0.3) is 10.9 Å². The number of fused-ring (bicyclic) bond motifs is 1. The van der Waals surface area contributed by atoms with E-state index < -0.39 is 0 Å². The molecule has 0 amide bonds. The number of nitrogens with one attached hydrogen (secondary N) is 1. The van der Waals surface area contributed by atoms with Crippen molar-refractivity contribution in [2.75, 3.05) is 5.32 Å². The van der Waals surface area contributed by atoms with Crippen LogP contribution >= 0.6 is 11.6 Å². The van der Waals surface area contributed by atoms with E-state index in [0.29, 0.717) is 0 Å². The third kappa shape index (κ3) is 2.40. The molecular formula is C16H13ClN2. The van der Waals surface area contributed by atoms with Crippen molar-refractivity contribution in [1.82, 2.24) is 4.98 Å². The minimum atomic E-state index is 0.755. The maximum absolute atomic E-state index is 6.11. The number of para-hydroxylation sites is 1. The van der Waals surface area contributed by atoms with Gasteiger partial charge in [0.05, 0.1) is 5.52 Å². The summed E-state index contributed by atoms with van der Waals surface area (Å²) in [4.78, 5) is 4.59. The van der Waals surface area contributed by atoms with E-state index in [0.717, 1.165) is 33.0 Å². The first-order valence-electron chi connectivity index (χ1n) is 6.12. The molecule has 2 nitrogen and oxygen atoms in total. The molecule has 0 fully saturated rings. The molecule has 3 heteroatoms. The second kappa shape index (κ2) is 4.90. The van der Waals surface area contributed by atoms with Crippen molar-refractivity contribution in [2.24, 2.45) is 0 Å². The Morgan fingerprint density at radius 2 is 1.79 bits per heavy atom. The third-order valence-corrected chi connectivity index (χ3v) is 3.54. The number of hydrogen-bond donors (Lipinski definition) is 1. The molecule has 0 spiro atoms. The third-order valence-electron chi connectivity index (χ3n) is 3.13. The van der Waals surface area contributed by atoms with E-state index >= 15 is 0 Å². The fraction of sp³-hybridized carbons (Fsp3) is 0.0625. The Morgan fingerprint density at radius 1 is 0.947 bits per heavy atom. The standard InChI is InChI=1S/C16H13ClN2/c1-11-13(17)6-4-8-14(11)18-16-10-9-12-5-2-3-7-15(12)19-16/h2-10H,1H3,(H,18,19). The van der Waals surface area contributed by atoms with Gasteiger partial charge >= 0.3 is 0 Å². The maximum Gasteiger partial charge on any atom is 0.131 e. The predicted octanol–water partition coefficient (Wildman–Crippen LogP) is 4.94. The van der Waals surface area contributed by atoms with E-state index in [1.54, 1.807) is 0 Å². The smallest absolute Gasteiger partial charge is 0.131 e. The largest absolute Gasteiger partial charge is 0.340 e. The fourth-order valence-electron chi connectivity index (χ4n) is 2.02. The van der Waals surface area contributed by atoms with E-state index in [2.05, 4.69) is 22.4 Å². The summed E-state index contributed by atoms with van der Waals surface area (Å²) in [5, 5.41) is 5.20. The molecule has 19 heavy (non-hydrogen) atoms. The van der Waals surface area contributed by atoms with E-state index in [-0.39, 0.29) is 0 Å². The topological polar surface area (TPSA) is 24.9 Å². The first-order valence-corrected chi connectivity index (χ1v) is 6.50. The van der Waals surface area contributed by atoms with E-state index in [1.807, 2.05) is 49.4 Å². The van der Waals surface area contributed by atoms with Gasteiger partial charge in [0.25, 0.3) is 0 Å². The average molecular weight is 269 g/mol. The maximum atomic E-state index is 6.11. The van der Waals surface area contributed by atoms with Gasteiger partial charge in [0, 0.05) is 16.1 Å². The van der Waals surface area contributed by atoms with Crippen molar-refractivity contribution in [3.63, 3.8) is 0 Å². The van der Waals surface area contributed by atoms with Gasteiger partial charge in [-0.3, -0.25) is 0 Å². The predicted molar refractivity (Wildman–Crippen MR) is 81.2 cm³/mol. The molecule has 1 aromatic heterocycles. The number of halogens is 1. The molecule has 0 saturated carbocycles. The zero-order valence-corrected chi connectivity index (χ0v) is 11.3. The molecule has 0 atom stereocenters. The van der Waals surface area contributed by atoms with Crippen molar-refractivity contribution < 1.29 is 0 Å². The fourth-order valence-corrected chi connectivity index (χ4v) is 2.19. The van der Waals surface area contributed by atoms with E-state index in [4.69, 9.17) is 11.6 Å². The molecule has 3 rings (SSSR count). The lowest BCUT2D eigenvalue weighted by molar-refractivity contribution is 1.35. The first-order chi connectivity index (χ1) is 9.24. The Balaban J connectivity index is 1.99. The highest BCUT2D eigenvalue weighted by Crippen LogP contribution is 2.26. The van der Waals surface area contributed by atoms with Gasteiger partial charge in [-0.2, -0.15) is 0 Å². The Kier molecular flexibility index (Phi) is 3.10. The molecule has 0 radical (unpaired) electrons. The molecule has 1 heterocycles. The van der Waals surface area contributed by atoms with Crippen molar-refractivity contribution >= 4 is 34.0 Å². The minimum absolute atomic E-state index is 0.755. The zero-order valence-electron chi connectivity index (χ0n) is 10.5. The second-order valence-electron chi connectivity index (χ2n) is 4.43. The van der Waals surface area contributed by atoms with Crippen LogP contribution in [-0.2, 0) is 0 Å². The van der Waals surface area contributed by atoms with Crippen molar-refractivity contribution in [1.29, 1.82) is 0 Å². The van der Waals surface area contributed by atoms with E-state index in [9.17, 15) is 0 Å². The van der Waals surface area contributed by atoms with Crippen molar-refractivity contribution in [3.05, 3.63) is 65.2 Å². The molecule has 0 aliphatic heterocycles. The molecule has 0 unspecified atom stereocenters. The second-order valence-corrected chi connectivity index (χ2v) is 4.83. The molecule has 94 valence electrons. The van der Waals surface area contributed by atoms with E-state index in [1.165, 1.54) is 0 Å². The Bertz CT molecular complexity index is 738. The number of rotatable bonds is 2. The number of aromatic nitrogens is 1. The van der Waals surface area contributed by atoms with Gasteiger partial charge in [-0.05, 0) is 42.8 Å². The molecule has 0 bridgehead atoms. The highest BCUT2D eigenvalue weighted by molar-refractivity contribution is 6.31. The number of hydrogen-bond acceptors (Lipinski definition) is 2. The van der Waals surface area contributed by atoms with Crippen molar-refractivity contribution in [2.45, 2.75) is 6.92 Å². The molecule has 0 aliphatic carbocycles. The van der Waals surface area contributed by atoms with Crippen LogP contribution in [0.15, 0.2) is 54.6 Å². The van der Waals surface area contributed by atoms with Gasteiger partial charge in [-0.15, -0.1) is 0 Å². The molecule has 0 saturated heterocycles. The van der Waals surface area contributed by atoms with Crippen LogP contribution in [0.5, 0.6) is 0 Å². The van der Waals surface area contributed by atoms with Crippen LogP contribution in [0.3, 0.4) is 0 Å². The number of pyridine rings is 1. The van der Waals surface area contributed by atoms with Gasteiger partial charge in [0.2, 0.25) is 0 Å². The summed E-state index contributed by atoms with van der Waals surface area (Å²) in [6.45, 7) is 1.99. The molecule has 3 aromatic rings. The molecule has 1 N–H and O–H groups in total. The van der Waals surface area contributed by atoms with Gasteiger partial charge in [0.1, 0.15) is 5.82 Å². The van der Waals surface area contributed by atoms with Crippen LogP contribution in [0.1, 0.15) is 5.56 Å². The van der Waals surface area contributed by atoms with Gasteiger partial charge in [0.15, 0.2) is 0 Å². The number of benzene rings is 2. The SMILES string of the molecule is Cc1c(Cl)cccc1Nc1ccc2ccccc2n1. The molecule has 2 aromatic carbocycles. The molecular weight excluding hydrogens is 256 g/mol. The normalized spacial score (nSPS) is 10.6. The van der Waals surface area contributed by atoms with Gasteiger partial charge < -0.3 is 5.32 Å². The Morgan fingerprint density at radius 3 is 2.68 bits per heavy atom. The number of nitrogens with zero attached hydrogens (tertiary/aromatic N) is 1.